The predicted molar refractivity (Wildman–Crippen MR) is 122 cm³/mol. The van der Waals surface area contributed by atoms with Crippen LogP contribution in [0, 0.1) is 12.7 Å². The van der Waals surface area contributed by atoms with E-state index in [0.29, 0.717) is 6.61 Å². The number of halogens is 1. The van der Waals surface area contributed by atoms with Gasteiger partial charge in [0.05, 0.1) is 6.61 Å². The Bertz CT molecular complexity index is 945. The summed E-state index contributed by atoms with van der Waals surface area (Å²) in [7, 11) is 0. The molecule has 162 valence electrons. The number of likely N-dealkylation sites (tertiary alicyclic amines) is 1. The highest BCUT2D eigenvalue weighted by Crippen LogP contribution is 2.31. The second kappa shape index (κ2) is 10.5. The topological polar surface area (TPSA) is 21.7 Å². The molecule has 1 heterocycles. The Labute approximate surface area is 184 Å². The second-order valence-electron chi connectivity index (χ2n) is 8.18. The molecule has 1 fully saturated rings. The summed E-state index contributed by atoms with van der Waals surface area (Å²) in [6.45, 7) is 5.72. The van der Waals surface area contributed by atoms with Crippen molar-refractivity contribution in [3.8, 4) is 11.5 Å². The van der Waals surface area contributed by atoms with E-state index in [-0.39, 0.29) is 17.8 Å². The molecule has 3 aromatic carbocycles. The molecule has 0 radical (unpaired) electrons. The van der Waals surface area contributed by atoms with Gasteiger partial charge in [-0.2, -0.15) is 0 Å². The molecule has 2 atom stereocenters. The maximum Gasteiger partial charge on any atom is 0.123 e. The Morgan fingerprint density at radius 2 is 1.68 bits per heavy atom. The largest absolute Gasteiger partial charge is 0.493 e. The van der Waals surface area contributed by atoms with Gasteiger partial charge in [0.15, 0.2) is 0 Å². The smallest absolute Gasteiger partial charge is 0.123 e. The number of aryl methyl sites for hydroxylation is 1. The van der Waals surface area contributed by atoms with Gasteiger partial charge in [-0.15, -0.1) is 0 Å². The Balaban J connectivity index is 1.35. The molecule has 31 heavy (non-hydrogen) atoms. The summed E-state index contributed by atoms with van der Waals surface area (Å²) >= 11 is 0. The van der Waals surface area contributed by atoms with E-state index in [1.165, 1.54) is 23.3 Å². The fourth-order valence-corrected chi connectivity index (χ4v) is 4.24. The SMILES string of the molecule is Cc1ccccc1OCCCN1CC[C@H](Oc2ccc(F)cc2)[C@@H](c2ccccc2)C1. The molecule has 0 aromatic heterocycles. The minimum absolute atomic E-state index is 0.0762. The lowest BCUT2D eigenvalue weighted by atomic mass is 9.87. The zero-order chi connectivity index (χ0) is 21.5. The number of piperidine rings is 1. The predicted octanol–water partition coefficient (Wildman–Crippen LogP) is 5.84. The maximum absolute atomic E-state index is 13.3. The molecular weight excluding hydrogens is 389 g/mol. The number of hydrogen-bond acceptors (Lipinski definition) is 3. The summed E-state index contributed by atoms with van der Waals surface area (Å²) < 4.78 is 25.5. The van der Waals surface area contributed by atoms with Gasteiger partial charge in [0, 0.05) is 25.6 Å². The van der Waals surface area contributed by atoms with E-state index in [0.717, 1.165) is 44.0 Å². The van der Waals surface area contributed by atoms with Crippen molar-refractivity contribution in [2.75, 3.05) is 26.2 Å². The van der Waals surface area contributed by atoms with Gasteiger partial charge in [0.2, 0.25) is 0 Å². The van der Waals surface area contributed by atoms with Crippen LogP contribution in [0.1, 0.15) is 29.9 Å². The van der Waals surface area contributed by atoms with E-state index in [1.54, 1.807) is 12.1 Å². The molecule has 4 rings (SSSR count). The van der Waals surface area contributed by atoms with Gasteiger partial charge in [-0.1, -0.05) is 48.5 Å². The minimum atomic E-state index is -0.241. The minimum Gasteiger partial charge on any atom is -0.493 e. The molecule has 0 aliphatic carbocycles. The molecule has 1 aliphatic rings. The van der Waals surface area contributed by atoms with Crippen LogP contribution in [-0.4, -0.2) is 37.2 Å². The lowest BCUT2D eigenvalue weighted by Gasteiger charge is -2.39. The molecular formula is C27H30FNO2. The molecule has 0 spiro atoms. The van der Waals surface area contributed by atoms with Gasteiger partial charge in [-0.25, -0.2) is 4.39 Å². The summed E-state index contributed by atoms with van der Waals surface area (Å²) in [5.74, 6) is 1.73. The van der Waals surface area contributed by atoms with Crippen molar-refractivity contribution < 1.29 is 13.9 Å². The number of hydrogen-bond donors (Lipinski definition) is 0. The van der Waals surface area contributed by atoms with Crippen LogP contribution in [0.2, 0.25) is 0 Å². The third-order valence-electron chi connectivity index (χ3n) is 5.93. The molecule has 0 amide bonds. The van der Waals surface area contributed by atoms with Crippen LogP contribution >= 0.6 is 0 Å². The van der Waals surface area contributed by atoms with Gasteiger partial charge < -0.3 is 14.4 Å². The van der Waals surface area contributed by atoms with Crippen molar-refractivity contribution in [3.05, 3.63) is 95.8 Å². The van der Waals surface area contributed by atoms with E-state index in [4.69, 9.17) is 9.47 Å². The van der Waals surface area contributed by atoms with E-state index in [9.17, 15) is 4.39 Å². The Hall–Kier alpha value is -2.85. The molecule has 0 unspecified atom stereocenters. The van der Waals surface area contributed by atoms with Crippen molar-refractivity contribution >= 4 is 0 Å². The number of nitrogens with zero attached hydrogens (tertiary/aromatic N) is 1. The third-order valence-corrected chi connectivity index (χ3v) is 5.93. The first-order valence-electron chi connectivity index (χ1n) is 11.1. The maximum atomic E-state index is 13.3. The van der Waals surface area contributed by atoms with Crippen LogP contribution in [0.3, 0.4) is 0 Å². The van der Waals surface area contributed by atoms with Crippen LogP contribution in [-0.2, 0) is 0 Å². The molecule has 1 saturated heterocycles. The first-order chi connectivity index (χ1) is 15.2. The fraction of sp³-hybridized carbons (Fsp3) is 0.333. The monoisotopic (exact) mass is 419 g/mol. The number of benzene rings is 3. The van der Waals surface area contributed by atoms with Crippen molar-refractivity contribution in [2.45, 2.75) is 31.8 Å². The zero-order valence-corrected chi connectivity index (χ0v) is 18.0. The standard InChI is InChI=1S/C27H30FNO2/c1-21-8-5-6-11-26(21)30-19-7-17-29-18-16-27(31-24-14-12-23(28)13-15-24)25(20-29)22-9-3-2-4-10-22/h2-6,8-15,25,27H,7,16-20H2,1H3/t25-,27+/m1/s1. The first kappa shape index (κ1) is 21.4. The first-order valence-corrected chi connectivity index (χ1v) is 11.1. The van der Waals surface area contributed by atoms with E-state index < -0.39 is 0 Å². The van der Waals surface area contributed by atoms with Gasteiger partial charge >= 0.3 is 0 Å². The normalized spacial score (nSPS) is 19.2. The number of ether oxygens (including phenoxy) is 2. The van der Waals surface area contributed by atoms with Gasteiger partial charge in [0.1, 0.15) is 23.4 Å². The van der Waals surface area contributed by atoms with Gasteiger partial charge in [0.25, 0.3) is 0 Å². The summed E-state index contributed by atoms with van der Waals surface area (Å²) in [5.41, 5.74) is 2.46. The summed E-state index contributed by atoms with van der Waals surface area (Å²) in [6.07, 6.45) is 2.00. The Morgan fingerprint density at radius 1 is 0.935 bits per heavy atom. The molecule has 4 heteroatoms. The molecule has 0 N–H and O–H groups in total. The lowest BCUT2D eigenvalue weighted by molar-refractivity contribution is 0.0749. The Kier molecular flexibility index (Phi) is 7.21. The average molecular weight is 420 g/mol. The highest BCUT2D eigenvalue weighted by Gasteiger charge is 2.31. The second-order valence-corrected chi connectivity index (χ2v) is 8.18. The fourth-order valence-electron chi connectivity index (χ4n) is 4.24. The van der Waals surface area contributed by atoms with Gasteiger partial charge in [-0.05, 0) is 61.2 Å². The quantitative estimate of drug-likeness (QED) is 0.428. The Morgan fingerprint density at radius 3 is 2.45 bits per heavy atom. The van der Waals surface area contributed by atoms with Crippen molar-refractivity contribution in [3.63, 3.8) is 0 Å². The van der Waals surface area contributed by atoms with E-state index in [1.807, 2.05) is 24.3 Å². The number of rotatable bonds is 8. The highest BCUT2D eigenvalue weighted by atomic mass is 19.1. The molecule has 3 nitrogen and oxygen atoms in total. The average Bonchev–Trinajstić information content (AvgIpc) is 2.80. The molecule has 3 aromatic rings. The van der Waals surface area contributed by atoms with Crippen LogP contribution in [0.15, 0.2) is 78.9 Å². The number of para-hydroxylation sites is 1. The van der Waals surface area contributed by atoms with Gasteiger partial charge in [-0.3, -0.25) is 0 Å². The summed E-state index contributed by atoms with van der Waals surface area (Å²) in [4.78, 5) is 2.50. The van der Waals surface area contributed by atoms with Crippen molar-refractivity contribution in [1.29, 1.82) is 0 Å². The molecule has 1 aliphatic heterocycles. The summed E-state index contributed by atoms with van der Waals surface area (Å²) in [5, 5.41) is 0. The van der Waals surface area contributed by atoms with E-state index in [2.05, 4.69) is 42.2 Å². The van der Waals surface area contributed by atoms with Crippen molar-refractivity contribution in [1.82, 2.24) is 4.90 Å². The summed E-state index contributed by atoms with van der Waals surface area (Å²) in [6, 6.07) is 25.0. The highest BCUT2D eigenvalue weighted by molar-refractivity contribution is 5.31. The van der Waals surface area contributed by atoms with Crippen LogP contribution in [0.25, 0.3) is 0 Å². The van der Waals surface area contributed by atoms with Crippen LogP contribution in [0.4, 0.5) is 4.39 Å². The molecule has 0 saturated carbocycles. The van der Waals surface area contributed by atoms with E-state index >= 15 is 0 Å². The zero-order valence-electron chi connectivity index (χ0n) is 18.0. The van der Waals surface area contributed by atoms with Crippen LogP contribution in [0.5, 0.6) is 11.5 Å². The van der Waals surface area contributed by atoms with Crippen molar-refractivity contribution in [2.24, 2.45) is 0 Å². The third kappa shape index (κ3) is 5.86. The molecule has 0 bridgehead atoms. The van der Waals surface area contributed by atoms with Crippen LogP contribution < -0.4 is 9.47 Å². The lowest BCUT2D eigenvalue weighted by Crippen LogP contribution is -2.44.